The van der Waals surface area contributed by atoms with Gasteiger partial charge in [0.1, 0.15) is 5.82 Å². The van der Waals surface area contributed by atoms with Gasteiger partial charge in [-0.1, -0.05) is 6.58 Å². The molecule has 1 heterocycles. The molecule has 0 aromatic heterocycles. The fourth-order valence-electron chi connectivity index (χ4n) is 2.83. The van der Waals surface area contributed by atoms with Crippen LogP contribution in [0.25, 0.3) is 0 Å². The highest BCUT2D eigenvalue weighted by Crippen LogP contribution is 2.24. The fourth-order valence-corrected chi connectivity index (χ4v) is 2.83. The normalized spacial score (nSPS) is 16.4. The van der Waals surface area contributed by atoms with E-state index in [-0.39, 0.29) is 43.0 Å². The molecule has 0 radical (unpaired) electrons. The predicted molar refractivity (Wildman–Crippen MR) is 94.1 cm³/mol. The van der Waals surface area contributed by atoms with Gasteiger partial charge in [0, 0.05) is 50.1 Å². The standard InChI is InChI=1S/C18H18F6N4O/c1-10-9-27(3-4-28(10)17(26-2)18(22,23)24)16(29)7-12(25)5-11-6-14(20)15(21)8-13(11)19/h6-8H,1,3-5,9,25H2,2H3/b12-7-,26-17-. The molecule has 29 heavy (non-hydrogen) atoms. The molecule has 2 rings (SSSR count). The molecule has 1 aromatic rings. The maximum absolute atomic E-state index is 13.7. The highest BCUT2D eigenvalue weighted by molar-refractivity contribution is 5.91. The zero-order chi connectivity index (χ0) is 21.9. The number of aliphatic imine (C=N–C) groups is 1. The van der Waals surface area contributed by atoms with Gasteiger partial charge in [-0.05, 0) is 11.6 Å². The number of rotatable bonds is 3. The molecule has 0 bridgehead atoms. The largest absolute Gasteiger partial charge is 0.449 e. The predicted octanol–water partition coefficient (Wildman–Crippen LogP) is 2.74. The highest BCUT2D eigenvalue weighted by atomic mass is 19.4. The number of benzene rings is 1. The number of alkyl halides is 3. The van der Waals surface area contributed by atoms with Crippen molar-refractivity contribution in [3.05, 3.63) is 59.2 Å². The van der Waals surface area contributed by atoms with Crippen LogP contribution in [0.1, 0.15) is 5.56 Å². The summed E-state index contributed by atoms with van der Waals surface area (Å²) in [6.45, 7) is 3.12. The summed E-state index contributed by atoms with van der Waals surface area (Å²) in [5, 5.41) is 0. The summed E-state index contributed by atoms with van der Waals surface area (Å²) >= 11 is 0. The minimum atomic E-state index is -4.66. The summed E-state index contributed by atoms with van der Waals surface area (Å²) in [5.41, 5.74) is 5.34. The Kier molecular flexibility index (Phi) is 6.60. The van der Waals surface area contributed by atoms with Crippen molar-refractivity contribution in [3.63, 3.8) is 0 Å². The molecular formula is C18H18F6N4O. The number of carbonyl (C=O) groups is 1. The second kappa shape index (κ2) is 8.58. The Morgan fingerprint density at radius 2 is 1.83 bits per heavy atom. The Balaban J connectivity index is 2.07. The lowest BCUT2D eigenvalue weighted by Crippen LogP contribution is -2.52. The number of hydrogen-bond acceptors (Lipinski definition) is 3. The molecule has 0 saturated carbocycles. The van der Waals surface area contributed by atoms with Crippen molar-refractivity contribution in [2.75, 3.05) is 26.7 Å². The third kappa shape index (κ3) is 5.30. The zero-order valence-corrected chi connectivity index (χ0v) is 15.4. The van der Waals surface area contributed by atoms with Crippen LogP contribution in [0.2, 0.25) is 0 Å². The SMILES string of the molecule is C=C1CN(C(=O)/C=C(\N)Cc2cc(F)c(F)cc2F)CCN1/C(=N\C)C(F)(F)F. The molecule has 1 aromatic carbocycles. The molecule has 5 nitrogen and oxygen atoms in total. The minimum absolute atomic E-state index is 0.0150. The van der Waals surface area contributed by atoms with Gasteiger partial charge >= 0.3 is 6.18 Å². The summed E-state index contributed by atoms with van der Waals surface area (Å²) < 4.78 is 78.9. The molecule has 158 valence electrons. The lowest BCUT2D eigenvalue weighted by molar-refractivity contribution is -0.126. The second-order valence-corrected chi connectivity index (χ2v) is 6.28. The maximum Gasteiger partial charge on any atom is 0.449 e. The summed E-state index contributed by atoms with van der Waals surface area (Å²) in [4.78, 5) is 17.7. The van der Waals surface area contributed by atoms with E-state index in [1.807, 2.05) is 0 Å². The van der Waals surface area contributed by atoms with Crippen LogP contribution >= 0.6 is 0 Å². The van der Waals surface area contributed by atoms with E-state index in [2.05, 4.69) is 11.6 Å². The van der Waals surface area contributed by atoms with E-state index in [9.17, 15) is 31.1 Å². The van der Waals surface area contributed by atoms with Crippen molar-refractivity contribution >= 4 is 11.7 Å². The van der Waals surface area contributed by atoms with E-state index < -0.39 is 35.4 Å². The Labute approximate surface area is 162 Å². The van der Waals surface area contributed by atoms with Crippen molar-refractivity contribution in [2.24, 2.45) is 10.7 Å². The Hall–Kier alpha value is -2.98. The van der Waals surface area contributed by atoms with Gasteiger partial charge in [0.25, 0.3) is 0 Å². The zero-order valence-electron chi connectivity index (χ0n) is 15.4. The van der Waals surface area contributed by atoms with Gasteiger partial charge in [0.2, 0.25) is 11.7 Å². The number of allylic oxidation sites excluding steroid dienone is 1. The lowest BCUT2D eigenvalue weighted by atomic mass is 10.1. The van der Waals surface area contributed by atoms with E-state index in [1.165, 1.54) is 4.90 Å². The first-order valence-electron chi connectivity index (χ1n) is 8.31. The van der Waals surface area contributed by atoms with Gasteiger partial charge in [-0.25, -0.2) is 13.2 Å². The fraction of sp³-hybridized carbons (Fsp3) is 0.333. The monoisotopic (exact) mass is 420 g/mol. The van der Waals surface area contributed by atoms with E-state index >= 15 is 0 Å². The van der Waals surface area contributed by atoms with E-state index in [4.69, 9.17) is 5.73 Å². The van der Waals surface area contributed by atoms with Gasteiger partial charge in [0.05, 0.1) is 6.54 Å². The van der Waals surface area contributed by atoms with Crippen molar-refractivity contribution in [2.45, 2.75) is 12.6 Å². The first-order chi connectivity index (χ1) is 13.4. The van der Waals surface area contributed by atoms with Crippen LogP contribution in [0.15, 0.2) is 41.2 Å². The van der Waals surface area contributed by atoms with Crippen LogP contribution in [0.5, 0.6) is 0 Å². The molecule has 1 aliphatic heterocycles. The topological polar surface area (TPSA) is 61.9 Å². The molecular weight excluding hydrogens is 402 g/mol. The van der Waals surface area contributed by atoms with Crippen LogP contribution in [0.3, 0.4) is 0 Å². The summed E-state index contributed by atoms with van der Waals surface area (Å²) in [6.07, 6.45) is -4.05. The van der Waals surface area contributed by atoms with Gasteiger partial charge in [-0.2, -0.15) is 13.2 Å². The number of amidine groups is 1. The van der Waals surface area contributed by atoms with Crippen LogP contribution in [-0.2, 0) is 11.2 Å². The number of nitrogens with two attached hydrogens (primary N) is 1. The second-order valence-electron chi connectivity index (χ2n) is 6.28. The molecule has 0 unspecified atom stereocenters. The van der Waals surface area contributed by atoms with Crippen LogP contribution in [-0.4, -0.2) is 54.4 Å². The number of hydrogen-bond donors (Lipinski definition) is 1. The smallest absolute Gasteiger partial charge is 0.402 e. The molecule has 11 heteroatoms. The molecule has 0 atom stereocenters. The van der Waals surface area contributed by atoms with E-state index in [1.54, 1.807) is 0 Å². The Bertz CT molecular complexity index is 878. The molecule has 1 fully saturated rings. The van der Waals surface area contributed by atoms with Gasteiger partial charge in [0.15, 0.2) is 11.6 Å². The number of piperazine rings is 1. The van der Waals surface area contributed by atoms with Crippen molar-refractivity contribution in [3.8, 4) is 0 Å². The van der Waals surface area contributed by atoms with E-state index in [0.717, 1.165) is 18.0 Å². The number of carbonyl (C=O) groups excluding carboxylic acids is 1. The minimum Gasteiger partial charge on any atom is -0.402 e. The highest BCUT2D eigenvalue weighted by Gasteiger charge is 2.41. The number of amides is 1. The van der Waals surface area contributed by atoms with Crippen molar-refractivity contribution in [1.29, 1.82) is 0 Å². The average Bonchev–Trinajstić information content (AvgIpc) is 2.60. The quantitative estimate of drug-likeness (QED) is 0.269. The summed E-state index contributed by atoms with van der Waals surface area (Å²) in [5.74, 6) is -5.37. The number of halogens is 6. The third-order valence-electron chi connectivity index (χ3n) is 4.17. The van der Waals surface area contributed by atoms with Gasteiger partial charge < -0.3 is 15.5 Å². The first kappa shape index (κ1) is 22.3. The van der Waals surface area contributed by atoms with Crippen LogP contribution in [0, 0.1) is 17.5 Å². The van der Waals surface area contributed by atoms with Crippen LogP contribution in [0.4, 0.5) is 26.3 Å². The number of nitrogens with zero attached hydrogens (tertiary/aromatic N) is 3. The molecule has 1 amide bonds. The summed E-state index contributed by atoms with van der Waals surface area (Å²) in [7, 11) is 1.01. The molecule has 1 aliphatic rings. The summed E-state index contributed by atoms with van der Waals surface area (Å²) in [6, 6.07) is 1.01. The van der Waals surface area contributed by atoms with Gasteiger partial charge in [-0.3, -0.25) is 9.79 Å². The first-order valence-corrected chi connectivity index (χ1v) is 8.31. The molecule has 2 N–H and O–H groups in total. The average molecular weight is 420 g/mol. The molecule has 0 spiro atoms. The molecule has 1 saturated heterocycles. The van der Waals surface area contributed by atoms with E-state index in [0.29, 0.717) is 12.1 Å². The van der Waals surface area contributed by atoms with Gasteiger partial charge in [-0.15, -0.1) is 0 Å². The van der Waals surface area contributed by atoms with Crippen LogP contribution < -0.4 is 5.73 Å². The lowest BCUT2D eigenvalue weighted by Gasteiger charge is -2.38. The molecule has 0 aliphatic carbocycles. The third-order valence-corrected chi connectivity index (χ3v) is 4.17. The van der Waals surface area contributed by atoms with Crippen molar-refractivity contribution in [1.82, 2.24) is 9.80 Å². The van der Waals surface area contributed by atoms with Crippen molar-refractivity contribution < 1.29 is 31.1 Å². The Morgan fingerprint density at radius 1 is 1.21 bits per heavy atom. The maximum atomic E-state index is 13.7. The Morgan fingerprint density at radius 3 is 2.38 bits per heavy atom.